The Labute approximate surface area is 73.8 Å². The van der Waals surface area contributed by atoms with Crippen molar-refractivity contribution in [1.82, 2.24) is 0 Å². The molecule has 0 fully saturated rings. The standard InChI is InChI=1S/Cd.Co.Cu.H2S/h;;;1H2. The predicted molar refractivity (Wildman–Crippen MR) is 10.4 cm³/mol. The molecule has 0 N–H and O–H groups in total. The molecule has 0 aromatic heterocycles. The van der Waals surface area contributed by atoms with Crippen LogP contribution in [0.2, 0.25) is 0 Å². The van der Waals surface area contributed by atoms with Crippen LogP contribution in [0.5, 0.6) is 0 Å². The van der Waals surface area contributed by atoms with E-state index in [0.717, 1.165) is 0 Å². The Morgan fingerprint density at radius 1 is 1.00 bits per heavy atom. The van der Waals surface area contributed by atoms with Crippen LogP contribution in [0.25, 0.3) is 0 Å². The summed E-state index contributed by atoms with van der Waals surface area (Å²) in [6.07, 6.45) is 0. The molecule has 0 aliphatic heterocycles. The summed E-state index contributed by atoms with van der Waals surface area (Å²) in [4.78, 5) is 0. The van der Waals surface area contributed by atoms with Crippen molar-refractivity contribution in [3.05, 3.63) is 0 Å². The van der Waals surface area contributed by atoms with E-state index in [0.29, 0.717) is 0 Å². The van der Waals surface area contributed by atoms with Crippen LogP contribution in [0.15, 0.2) is 0 Å². The molecule has 2 radical (unpaired) electrons. The van der Waals surface area contributed by atoms with Crippen molar-refractivity contribution in [2.24, 2.45) is 0 Å². The topological polar surface area (TPSA) is 0 Å². The van der Waals surface area contributed by atoms with Crippen LogP contribution in [-0.2, 0) is 61.1 Å². The number of rotatable bonds is 0. The van der Waals surface area contributed by atoms with Gasteiger partial charge in [0.1, 0.15) is 0 Å². The fourth-order valence-electron chi connectivity index (χ4n) is 0. The molecule has 0 amide bonds. The molecule has 0 unspecified atom stereocenters. The summed E-state index contributed by atoms with van der Waals surface area (Å²) in [7, 11) is 0. The zero-order valence-corrected chi connectivity index (χ0v) is 8.86. The molecule has 0 atom stereocenters. The van der Waals surface area contributed by atoms with Gasteiger partial charge in [-0.15, -0.1) is 0 Å². The monoisotopic (exact) mass is 270 g/mol. The number of hydrogen-bond acceptors (Lipinski definition) is 0. The van der Waals surface area contributed by atoms with Gasteiger partial charge in [-0.25, -0.2) is 0 Å². The first-order chi connectivity index (χ1) is 0. The van der Waals surface area contributed by atoms with Crippen LogP contribution >= 0.6 is 13.5 Å². The smallest absolute Gasteiger partial charge is 0 e. The van der Waals surface area contributed by atoms with Crippen LogP contribution in [0.4, 0.5) is 0 Å². The summed E-state index contributed by atoms with van der Waals surface area (Å²) < 4.78 is 0. The quantitative estimate of drug-likeness (QED) is 0.547. The van der Waals surface area contributed by atoms with Gasteiger partial charge in [0, 0.05) is 61.1 Å². The first-order valence-electron chi connectivity index (χ1n) is 0. The summed E-state index contributed by atoms with van der Waals surface area (Å²) in [6.45, 7) is 0. The van der Waals surface area contributed by atoms with E-state index in [1.54, 1.807) is 0 Å². The molecular weight excluding hydrogens is 267 g/mol. The van der Waals surface area contributed by atoms with Crippen molar-refractivity contribution in [1.29, 1.82) is 0 Å². The molecule has 4 heteroatoms. The third-order valence-corrected chi connectivity index (χ3v) is 0. The Morgan fingerprint density at radius 3 is 1.00 bits per heavy atom. The summed E-state index contributed by atoms with van der Waals surface area (Å²) >= 11 is 0. The minimum Gasteiger partial charge on any atom is -0.197 e. The van der Waals surface area contributed by atoms with Gasteiger partial charge in [-0.2, -0.15) is 13.5 Å². The molecule has 0 spiro atoms. The maximum Gasteiger partial charge on any atom is 0 e. The normalized spacial score (nSPS) is 0. The van der Waals surface area contributed by atoms with Crippen LogP contribution < -0.4 is 0 Å². The zero-order chi connectivity index (χ0) is 0. The maximum atomic E-state index is 0. The van der Waals surface area contributed by atoms with E-state index < -0.39 is 0 Å². The Hall–Kier alpha value is 2.30. The average molecular weight is 269 g/mol. The molecule has 0 saturated carbocycles. The van der Waals surface area contributed by atoms with Gasteiger partial charge in [-0.05, 0) is 0 Å². The fraction of sp³-hybridized carbons (Fsp3) is 0. The van der Waals surface area contributed by atoms with Gasteiger partial charge in [0.15, 0.2) is 0 Å². The van der Waals surface area contributed by atoms with Gasteiger partial charge in [0.05, 0.1) is 0 Å². The molecule has 0 nitrogen and oxygen atoms in total. The molecule has 0 heterocycles. The van der Waals surface area contributed by atoms with Crippen molar-refractivity contribution >= 4 is 13.5 Å². The molecule has 30 valence electrons. The van der Waals surface area contributed by atoms with Gasteiger partial charge in [-0.3, -0.25) is 0 Å². The molecular formula is H2CdCoCuS. The number of hydrogen-bond donors (Lipinski definition) is 0. The van der Waals surface area contributed by atoms with Gasteiger partial charge < -0.3 is 0 Å². The van der Waals surface area contributed by atoms with Gasteiger partial charge in [-0.1, -0.05) is 0 Å². The predicted octanol–water partition coefficient (Wildman–Crippen LogP) is 0.105. The van der Waals surface area contributed by atoms with E-state index in [2.05, 4.69) is 0 Å². The minimum atomic E-state index is 0. The summed E-state index contributed by atoms with van der Waals surface area (Å²) in [5, 5.41) is 0. The second-order valence-corrected chi connectivity index (χ2v) is 0. The Morgan fingerprint density at radius 2 is 1.00 bits per heavy atom. The molecule has 0 rings (SSSR count). The molecule has 0 aliphatic rings. The molecule has 4 heavy (non-hydrogen) atoms. The van der Waals surface area contributed by atoms with E-state index in [1.165, 1.54) is 0 Å². The van der Waals surface area contributed by atoms with E-state index >= 15 is 0 Å². The molecule has 0 bridgehead atoms. The Balaban J connectivity index is 0. The Kier molecular flexibility index (Phi) is 155. The SMILES string of the molecule is S.[Cd].[Co].[Cu]. The van der Waals surface area contributed by atoms with E-state index in [9.17, 15) is 0 Å². The molecule has 0 saturated heterocycles. The van der Waals surface area contributed by atoms with Crippen molar-refractivity contribution < 1.29 is 61.1 Å². The van der Waals surface area contributed by atoms with Crippen molar-refractivity contribution in [2.75, 3.05) is 0 Å². The molecule has 0 aromatic carbocycles. The van der Waals surface area contributed by atoms with Gasteiger partial charge >= 0.3 is 0 Å². The summed E-state index contributed by atoms with van der Waals surface area (Å²) in [5.41, 5.74) is 0. The van der Waals surface area contributed by atoms with Crippen molar-refractivity contribution in [3.8, 4) is 0 Å². The second kappa shape index (κ2) is 18.5. The zero-order valence-electron chi connectivity index (χ0n) is 1.84. The van der Waals surface area contributed by atoms with Gasteiger partial charge in [0.2, 0.25) is 0 Å². The fourth-order valence-corrected chi connectivity index (χ4v) is 0. The van der Waals surface area contributed by atoms with Crippen LogP contribution in [0.3, 0.4) is 0 Å². The molecule has 0 aliphatic carbocycles. The second-order valence-electron chi connectivity index (χ2n) is 0. The van der Waals surface area contributed by atoms with Gasteiger partial charge in [0.25, 0.3) is 0 Å². The van der Waals surface area contributed by atoms with E-state index in [-0.39, 0.29) is 74.6 Å². The largest absolute Gasteiger partial charge is 0.197 e. The molecule has 0 aromatic rings. The van der Waals surface area contributed by atoms with Crippen molar-refractivity contribution in [3.63, 3.8) is 0 Å². The summed E-state index contributed by atoms with van der Waals surface area (Å²) in [5.74, 6) is 0. The average Bonchev–Trinajstić information content (AvgIpc) is 0. The van der Waals surface area contributed by atoms with E-state index in [4.69, 9.17) is 0 Å². The van der Waals surface area contributed by atoms with Crippen LogP contribution in [0, 0.1) is 0 Å². The Bertz CT molecular complexity index is 8.00. The maximum absolute atomic E-state index is 0. The summed E-state index contributed by atoms with van der Waals surface area (Å²) in [6, 6.07) is 0. The third-order valence-electron chi connectivity index (χ3n) is 0. The van der Waals surface area contributed by atoms with Crippen LogP contribution in [-0.4, -0.2) is 0 Å². The van der Waals surface area contributed by atoms with Crippen molar-refractivity contribution in [2.45, 2.75) is 0 Å². The first kappa shape index (κ1) is 33.5. The van der Waals surface area contributed by atoms with E-state index in [1.807, 2.05) is 0 Å². The first-order valence-corrected chi connectivity index (χ1v) is 0. The minimum absolute atomic E-state index is 0. The third kappa shape index (κ3) is 8.85. The van der Waals surface area contributed by atoms with Crippen LogP contribution in [0.1, 0.15) is 0 Å².